The number of anilines is 1. The predicted molar refractivity (Wildman–Crippen MR) is 107 cm³/mol. The Bertz CT molecular complexity index is 840. The van der Waals surface area contributed by atoms with E-state index in [0.717, 1.165) is 29.8 Å². The SMILES string of the molecule is O=C(NCc1ccccc1)C1CCCN(C(=O)N2CCOc3ccccc32)C1. The second-order valence-corrected chi connectivity index (χ2v) is 7.24. The van der Waals surface area contributed by atoms with Gasteiger partial charge in [0.15, 0.2) is 0 Å². The highest BCUT2D eigenvalue weighted by Gasteiger charge is 2.33. The fraction of sp³-hybridized carbons (Fsp3) is 0.364. The maximum absolute atomic E-state index is 13.1. The molecule has 0 aromatic heterocycles. The van der Waals surface area contributed by atoms with Crippen molar-refractivity contribution in [3.8, 4) is 5.75 Å². The Morgan fingerprint density at radius 2 is 1.82 bits per heavy atom. The van der Waals surface area contributed by atoms with E-state index < -0.39 is 0 Å². The molecule has 1 saturated heterocycles. The topological polar surface area (TPSA) is 61.9 Å². The molecule has 0 aliphatic carbocycles. The van der Waals surface area contributed by atoms with Gasteiger partial charge in [-0.2, -0.15) is 0 Å². The number of fused-ring (bicyclic) bond motifs is 1. The molecule has 2 aromatic rings. The number of benzene rings is 2. The Hall–Kier alpha value is -3.02. The molecule has 1 unspecified atom stereocenters. The van der Waals surface area contributed by atoms with Gasteiger partial charge < -0.3 is 15.0 Å². The van der Waals surface area contributed by atoms with E-state index in [1.807, 2.05) is 54.6 Å². The van der Waals surface area contributed by atoms with Gasteiger partial charge in [-0.1, -0.05) is 42.5 Å². The van der Waals surface area contributed by atoms with Crippen molar-refractivity contribution in [1.29, 1.82) is 0 Å². The Kier molecular flexibility index (Phi) is 5.46. The number of para-hydroxylation sites is 2. The number of nitrogens with zero attached hydrogens (tertiary/aromatic N) is 2. The van der Waals surface area contributed by atoms with Gasteiger partial charge in [-0.25, -0.2) is 4.79 Å². The summed E-state index contributed by atoms with van der Waals surface area (Å²) in [5.41, 5.74) is 1.87. The minimum atomic E-state index is -0.169. The molecule has 0 radical (unpaired) electrons. The molecule has 2 aliphatic heterocycles. The number of piperidine rings is 1. The lowest BCUT2D eigenvalue weighted by atomic mass is 9.97. The second kappa shape index (κ2) is 8.33. The van der Waals surface area contributed by atoms with Crippen LogP contribution in [0.4, 0.5) is 10.5 Å². The van der Waals surface area contributed by atoms with Crippen molar-refractivity contribution < 1.29 is 14.3 Å². The highest BCUT2D eigenvalue weighted by atomic mass is 16.5. The molecule has 6 heteroatoms. The van der Waals surface area contributed by atoms with Gasteiger partial charge in [0.25, 0.3) is 0 Å². The Morgan fingerprint density at radius 1 is 1.04 bits per heavy atom. The van der Waals surface area contributed by atoms with Crippen LogP contribution >= 0.6 is 0 Å². The molecule has 2 heterocycles. The van der Waals surface area contributed by atoms with Crippen LogP contribution in [0.5, 0.6) is 5.75 Å². The average Bonchev–Trinajstić information content (AvgIpc) is 2.77. The van der Waals surface area contributed by atoms with E-state index in [1.54, 1.807) is 9.80 Å². The summed E-state index contributed by atoms with van der Waals surface area (Å²) in [6, 6.07) is 17.4. The number of nitrogens with one attached hydrogen (secondary N) is 1. The third-order valence-electron chi connectivity index (χ3n) is 5.33. The summed E-state index contributed by atoms with van der Waals surface area (Å²) < 4.78 is 5.65. The van der Waals surface area contributed by atoms with E-state index in [4.69, 9.17) is 4.74 Å². The number of carbonyl (C=O) groups is 2. The molecular weight excluding hydrogens is 354 g/mol. The van der Waals surface area contributed by atoms with Gasteiger partial charge >= 0.3 is 6.03 Å². The number of hydrogen-bond acceptors (Lipinski definition) is 3. The lowest BCUT2D eigenvalue weighted by Crippen LogP contribution is -2.52. The van der Waals surface area contributed by atoms with Crippen molar-refractivity contribution in [2.24, 2.45) is 5.92 Å². The van der Waals surface area contributed by atoms with Crippen molar-refractivity contribution in [2.75, 3.05) is 31.1 Å². The molecular formula is C22H25N3O3. The number of rotatable bonds is 3. The first kappa shape index (κ1) is 18.3. The molecule has 1 N–H and O–H groups in total. The molecule has 146 valence electrons. The smallest absolute Gasteiger partial charge is 0.324 e. The van der Waals surface area contributed by atoms with Crippen LogP contribution in [0.1, 0.15) is 18.4 Å². The fourth-order valence-corrected chi connectivity index (χ4v) is 3.83. The van der Waals surface area contributed by atoms with E-state index in [9.17, 15) is 9.59 Å². The maximum atomic E-state index is 13.1. The van der Waals surface area contributed by atoms with Crippen LogP contribution in [0.25, 0.3) is 0 Å². The molecule has 2 aromatic carbocycles. The maximum Gasteiger partial charge on any atom is 0.324 e. The largest absolute Gasteiger partial charge is 0.490 e. The summed E-state index contributed by atoms with van der Waals surface area (Å²) in [5, 5.41) is 3.01. The fourth-order valence-electron chi connectivity index (χ4n) is 3.83. The summed E-state index contributed by atoms with van der Waals surface area (Å²) in [4.78, 5) is 29.3. The van der Waals surface area contributed by atoms with E-state index >= 15 is 0 Å². The van der Waals surface area contributed by atoms with Gasteiger partial charge in [-0.05, 0) is 30.5 Å². The highest BCUT2D eigenvalue weighted by molar-refractivity contribution is 5.94. The lowest BCUT2D eigenvalue weighted by molar-refractivity contribution is -0.126. The van der Waals surface area contributed by atoms with Crippen molar-refractivity contribution in [1.82, 2.24) is 10.2 Å². The van der Waals surface area contributed by atoms with Gasteiger partial charge in [-0.15, -0.1) is 0 Å². The van der Waals surface area contributed by atoms with Gasteiger partial charge in [0.05, 0.1) is 18.2 Å². The third kappa shape index (κ3) is 3.96. The number of carbonyl (C=O) groups excluding carboxylic acids is 2. The molecule has 1 fully saturated rings. The molecule has 1 atom stereocenters. The first-order valence-electron chi connectivity index (χ1n) is 9.82. The van der Waals surface area contributed by atoms with Crippen LogP contribution in [0.3, 0.4) is 0 Å². The van der Waals surface area contributed by atoms with Crippen LogP contribution in [0.15, 0.2) is 54.6 Å². The Morgan fingerprint density at radius 3 is 2.68 bits per heavy atom. The van der Waals surface area contributed by atoms with E-state index in [0.29, 0.717) is 32.8 Å². The Labute approximate surface area is 165 Å². The number of ether oxygens (including phenoxy) is 1. The summed E-state index contributed by atoms with van der Waals surface area (Å²) in [5.74, 6) is 0.581. The van der Waals surface area contributed by atoms with Crippen molar-refractivity contribution in [2.45, 2.75) is 19.4 Å². The quantitative estimate of drug-likeness (QED) is 0.892. The summed E-state index contributed by atoms with van der Waals surface area (Å²) in [7, 11) is 0. The zero-order chi connectivity index (χ0) is 19.3. The minimum Gasteiger partial charge on any atom is -0.490 e. The molecule has 6 nitrogen and oxygen atoms in total. The highest BCUT2D eigenvalue weighted by Crippen LogP contribution is 2.32. The molecule has 0 saturated carbocycles. The van der Waals surface area contributed by atoms with Crippen LogP contribution < -0.4 is 15.0 Å². The molecule has 0 spiro atoms. The predicted octanol–water partition coefficient (Wildman–Crippen LogP) is 3.03. The van der Waals surface area contributed by atoms with E-state index in [-0.39, 0.29) is 17.9 Å². The number of urea groups is 1. The van der Waals surface area contributed by atoms with Crippen LogP contribution in [0, 0.1) is 5.92 Å². The minimum absolute atomic E-state index is 0.0173. The van der Waals surface area contributed by atoms with Gasteiger partial charge in [0.2, 0.25) is 5.91 Å². The normalized spacial score (nSPS) is 18.8. The van der Waals surface area contributed by atoms with Crippen LogP contribution in [0.2, 0.25) is 0 Å². The van der Waals surface area contributed by atoms with Crippen molar-refractivity contribution in [3.63, 3.8) is 0 Å². The van der Waals surface area contributed by atoms with E-state index in [2.05, 4.69) is 5.32 Å². The van der Waals surface area contributed by atoms with Gasteiger partial charge in [0.1, 0.15) is 12.4 Å². The number of hydrogen-bond donors (Lipinski definition) is 1. The van der Waals surface area contributed by atoms with Crippen molar-refractivity contribution in [3.05, 3.63) is 60.2 Å². The summed E-state index contributed by atoms with van der Waals surface area (Å²) in [6.45, 7) is 2.66. The average molecular weight is 379 g/mol. The van der Waals surface area contributed by atoms with Crippen LogP contribution in [-0.2, 0) is 11.3 Å². The first-order chi connectivity index (χ1) is 13.7. The van der Waals surface area contributed by atoms with Gasteiger partial charge in [-0.3, -0.25) is 9.69 Å². The molecule has 2 aliphatic rings. The molecule has 28 heavy (non-hydrogen) atoms. The van der Waals surface area contributed by atoms with E-state index in [1.165, 1.54) is 0 Å². The van der Waals surface area contributed by atoms with Crippen LogP contribution in [-0.4, -0.2) is 43.1 Å². The third-order valence-corrected chi connectivity index (χ3v) is 5.33. The molecule has 3 amide bonds. The number of likely N-dealkylation sites (tertiary alicyclic amines) is 1. The van der Waals surface area contributed by atoms with Crippen molar-refractivity contribution >= 4 is 17.6 Å². The standard InChI is InChI=1S/C22H25N3O3/c26-21(23-15-17-7-2-1-3-8-17)18-9-6-12-24(16-18)22(27)25-13-14-28-20-11-5-4-10-19(20)25/h1-5,7-8,10-11,18H,6,9,12-16H2,(H,23,26). The molecule has 0 bridgehead atoms. The lowest BCUT2D eigenvalue weighted by Gasteiger charge is -2.37. The van der Waals surface area contributed by atoms with Gasteiger partial charge in [0, 0.05) is 19.6 Å². The molecule has 4 rings (SSSR count). The first-order valence-corrected chi connectivity index (χ1v) is 9.82. The zero-order valence-corrected chi connectivity index (χ0v) is 15.8. The number of amides is 3. The summed E-state index contributed by atoms with van der Waals surface area (Å²) in [6.07, 6.45) is 1.64. The Balaban J connectivity index is 1.38. The zero-order valence-electron chi connectivity index (χ0n) is 15.8. The second-order valence-electron chi connectivity index (χ2n) is 7.24. The monoisotopic (exact) mass is 379 g/mol. The summed E-state index contributed by atoms with van der Waals surface area (Å²) >= 11 is 0.